The average Bonchev–Trinajstić information content (AvgIpc) is 2.39. The number of nitro benzene ring substituents is 1. The summed E-state index contributed by atoms with van der Waals surface area (Å²) < 4.78 is 0. The van der Waals surface area contributed by atoms with Crippen LogP contribution in [-0.2, 0) is 11.2 Å². The quantitative estimate of drug-likeness (QED) is 0.674. The van der Waals surface area contributed by atoms with Crippen LogP contribution in [0.15, 0.2) is 48.5 Å². The first-order valence-corrected chi connectivity index (χ1v) is 5.62. The highest BCUT2D eigenvalue weighted by atomic mass is 16.6. The number of benzene rings is 2. The molecule has 1 N–H and O–H groups in total. The second-order valence-electron chi connectivity index (χ2n) is 4.05. The normalized spacial score (nSPS) is 10.1. The van der Waals surface area contributed by atoms with Crippen LogP contribution in [0.25, 0.3) is 11.1 Å². The molecule has 0 fully saturated rings. The van der Waals surface area contributed by atoms with Crippen molar-refractivity contribution >= 4 is 11.7 Å². The maximum absolute atomic E-state index is 11.1. The Hall–Kier alpha value is -2.69. The van der Waals surface area contributed by atoms with Crippen LogP contribution in [0.4, 0.5) is 5.69 Å². The van der Waals surface area contributed by atoms with Gasteiger partial charge in [-0.2, -0.15) is 0 Å². The van der Waals surface area contributed by atoms with Crippen LogP contribution in [0.3, 0.4) is 0 Å². The lowest BCUT2D eigenvalue weighted by atomic mass is 10.0. The summed E-state index contributed by atoms with van der Waals surface area (Å²) in [6, 6.07) is 13.5. The molecule has 2 rings (SSSR count). The molecule has 0 atom stereocenters. The highest BCUT2D eigenvalue weighted by Gasteiger charge is 2.16. The minimum atomic E-state index is -1.01. The van der Waals surface area contributed by atoms with Gasteiger partial charge in [-0.15, -0.1) is 0 Å². The summed E-state index contributed by atoms with van der Waals surface area (Å²) in [4.78, 5) is 21.2. The Bertz CT molecular complexity index is 623. The number of carboxylic acid groups (broad SMARTS) is 1. The molecule has 0 saturated heterocycles. The van der Waals surface area contributed by atoms with Crippen LogP contribution in [0.5, 0.6) is 0 Å². The van der Waals surface area contributed by atoms with Gasteiger partial charge in [-0.1, -0.05) is 36.4 Å². The number of rotatable bonds is 4. The van der Waals surface area contributed by atoms with Gasteiger partial charge in [0.1, 0.15) is 0 Å². The highest BCUT2D eigenvalue weighted by molar-refractivity contribution is 5.76. The first-order valence-electron chi connectivity index (χ1n) is 5.62. The van der Waals surface area contributed by atoms with Gasteiger partial charge in [0, 0.05) is 6.07 Å². The molecule has 0 spiro atoms. The Morgan fingerprint density at radius 2 is 1.84 bits per heavy atom. The largest absolute Gasteiger partial charge is 0.481 e. The monoisotopic (exact) mass is 257 g/mol. The van der Waals surface area contributed by atoms with E-state index < -0.39 is 10.9 Å². The molecule has 5 heteroatoms. The molecule has 2 aromatic rings. The van der Waals surface area contributed by atoms with E-state index in [2.05, 4.69) is 0 Å². The topological polar surface area (TPSA) is 80.4 Å². The van der Waals surface area contributed by atoms with Crippen molar-refractivity contribution in [1.82, 2.24) is 0 Å². The Balaban J connectivity index is 2.50. The SMILES string of the molecule is O=C(O)Cc1ccc(-c2ccccc2)c([N+](=O)[O-])c1. The molecule has 0 aromatic heterocycles. The van der Waals surface area contributed by atoms with Crippen molar-refractivity contribution < 1.29 is 14.8 Å². The second kappa shape index (κ2) is 5.30. The molecule has 0 unspecified atom stereocenters. The third kappa shape index (κ3) is 2.95. The Labute approximate surface area is 109 Å². The highest BCUT2D eigenvalue weighted by Crippen LogP contribution is 2.30. The standard InChI is InChI=1S/C14H11NO4/c16-14(17)9-10-6-7-12(13(8-10)15(18)19)11-4-2-1-3-5-11/h1-8H,9H2,(H,16,17). The van der Waals surface area contributed by atoms with E-state index >= 15 is 0 Å². The molecule has 0 heterocycles. The lowest BCUT2D eigenvalue weighted by Gasteiger charge is -2.05. The molecule has 0 bridgehead atoms. The number of nitrogens with zero attached hydrogens (tertiary/aromatic N) is 1. The fourth-order valence-electron chi connectivity index (χ4n) is 1.87. The molecule has 0 aliphatic rings. The van der Waals surface area contributed by atoms with Gasteiger partial charge < -0.3 is 5.11 Å². The molecule has 19 heavy (non-hydrogen) atoms. The molecule has 96 valence electrons. The zero-order chi connectivity index (χ0) is 13.8. The van der Waals surface area contributed by atoms with E-state index in [9.17, 15) is 14.9 Å². The van der Waals surface area contributed by atoms with Crippen LogP contribution < -0.4 is 0 Å². The van der Waals surface area contributed by atoms with Gasteiger partial charge in [0.2, 0.25) is 0 Å². The third-order valence-corrected chi connectivity index (χ3v) is 2.70. The van der Waals surface area contributed by atoms with E-state index in [4.69, 9.17) is 5.11 Å². The Kier molecular flexibility index (Phi) is 3.56. The predicted molar refractivity (Wildman–Crippen MR) is 69.9 cm³/mol. The number of hydrogen-bond donors (Lipinski definition) is 1. The zero-order valence-corrected chi connectivity index (χ0v) is 9.95. The fourth-order valence-corrected chi connectivity index (χ4v) is 1.87. The summed E-state index contributed by atoms with van der Waals surface area (Å²) in [7, 11) is 0. The summed E-state index contributed by atoms with van der Waals surface area (Å²) in [6.45, 7) is 0. The van der Waals surface area contributed by atoms with E-state index in [-0.39, 0.29) is 12.1 Å². The van der Waals surface area contributed by atoms with E-state index in [0.29, 0.717) is 11.1 Å². The lowest BCUT2D eigenvalue weighted by molar-refractivity contribution is -0.384. The number of hydrogen-bond acceptors (Lipinski definition) is 3. The maximum atomic E-state index is 11.1. The maximum Gasteiger partial charge on any atom is 0.307 e. The Morgan fingerprint density at radius 1 is 1.16 bits per heavy atom. The van der Waals surface area contributed by atoms with Crippen molar-refractivity contribution in [3.63, 3.8) is 0 Å². The van der Waals surface area contributed by atoms with Gasteiger partial charge in [-0.3, -0.25) is 14.9 Å². The molecule has 0 amide bonds. The van der Waals surface area contributed by atoms with Crippen molar-refractivity contribution in [2.75, 3.05) is 0 Å². The number of carboxylic acids is 1. The minimum absolute atomic E-state index is 0.0787. The number of carbonyl (C=O) groups is 1. The van der Waals surface area contributed by atoms with Crippen molar-refractivity contribution in [2.24, 2.45) is 0 Å². The molecule has 0 aliphatic carbocycles. The van der Waals surface area contributed by atoms with Gasteiger partial charge in [0.15, 0.2) is 0 Å². The smallest absolute Gasteiger partial charge is 0.307 e. The predicted octanol–water partition coefficient (Wildman–Crippen LogP) is 2.89. The average molecular weight is 257 g/mol. The molecule has 0 saturated carbocycles. The molecule has 5 nitrogen and oxygen atoms in total. The molecule has 2 aromatic carbocycles. The molecule has 0 radical (unpaired) electrons. The summed E-state index contributed by atoms with van der Waals surface area (Å²) in [5.74, 6) is -1.01. The van der Waals surface area contributed by atoms with E-state index in [1.807, 2.05) is 6.07 Å². The van der Waals surface area contributed by atoms with Crippen molar-refractivity contribution in [3.8, 4) is 11.1 Å². The molecular weight excluding hydrogens is 246 g/mol. The van der Waals surface area contributed by atoms with Crippen LogP contribution in [0.2, 0.25) is 0 Å². The zero-order valence-electron chi connectivity index (χ0n) is 9.95. The van der Waals surface area contributed by atoms with E-state index in [1.165, 1.54) is 6.07 Å². The van der Waals surface area contributed by atoms with E-state index in [1.54, 1.807) is 36.4 Å². The van der Waals surface area contributed by atoms with Crippen LogP contribution in [0, 0.1) is 10.1 Å². The summed E-state index contributed by atoms with van der Waals surface area (Å²) >= 11 is 0. The second-order valence-corrected chi connectivity index (χ2v) is 4.05. The summed E-state index contributed by atoms with van der Waals surface area (Å²) in [6.07, 6.45) is -0.226. The lowest BCUT2D eigenvalue weighted by Crippen LogP contribution is -2.01. The molecule has 0 aliphatic heterocycles. The number of nitro groups is 1. The Morgan fingerprint density at radius 3 is 2.42 bits per heavy atom. The summed E-state index contributed by atoms with van der Waals surface area (Å²) in [5.41, 5.74) is 1.56. The van der Waals surface area contributed by atoms with Crippen molar-refractivity contribution in [3.05, 3.63) is 64.2 Å². The fraction of sp³-hybridized carbons (Fsp3) is 0.0714. The third-order valence-electron chi connectivity index (χ3n) is 2.70. The van der Waals surface area contributed by atoms with Gasteiger partial charge in [-0.25, -0.2) is 0 Å². The van der Waals surface area contributed by atoms with Crippen LogP contribution >= 0.6 is 0 Å². The minimum Gasteiger partial charge on any atom is -0.481 e. The van der Waals surface area contributed by atoms with E-state index in [0.717, 1.165) is 5.56 Å². The van der Waals surface area contributed by atoms with Gasteiger partial charge in [-0.05, 0) is 17.2 Å². The van der Waals surface area contributed by atoms with Crippen LogP contribution in [0.1, 0.15) is 5.56 Å². The number of aliphatic carboxylic acids is 1. The molecular formula is C14H11NO4. The first-order chi connectivity index (χ1) is 9.08. The van der Waals surface area contributed by atoms with Gasteiger partial charge >= 0.3 is 5.97 Å². The van der Waals surface area contributed by atoms with Gasteiger partial charge in [0.25, 0.3) is 5.69 Å². The summed E-state index contributed by atoms with van der Waals surface area (Å²) in [5, 5.41) is 19.8. The van der Waals surface area contributed by atoms with Gasteiger partial charge in [0.05, 0.1) is 16.9 Å². The van der Waals surface area contributed by atoms with Crippen molar-refractivity contribution in [1.29, 1.82) is 0 Å². The van der Waals surface area contributed by atoms with Crippen molar-refractivity contribution in [2.45, 2.75) is 6.42 Å². The first kappa shape index (κ1) is 12.8. The van der Waals surface area contributed by atoms with Crippen LogP contribution in [-0.4, -0.2) is 16.0 Å².